The molecule has 4 nitrogen and oxygen atoms in total. The Bertz CT molecular complexity index is 198. The first-order valence-corrected chi connectivity index (χ1v) is 3.58. The third-order valence-electron chi connectivity index (χ3n) is 1.58. The normalized spacial score (nSPS) is 16.3. The molecule has 0 aliphatic heterocycles. The molecule has 2 atom stereocenters. The molecule has 4 heteroatoms. The predicted octanol–water partition coefficient (Wildman–Crippen LogP) is 0.445. The second kappa shape index (κ2) is 3.50. The number of oxazole rings is 1. The summed E-state index contributed by atoms with van der Waals surface area (Å²) >= 11 is 0. The zero-order valence-corrected chi connectivity index (χ0v) is 6.40. The van der Waals surface area contributed by atoms with Crippen LogP contribution in [-0.4, -0.2) is 16.1 Å². The monoisotopic (exact) mass is 156 g/mol. The largest absolute Gasteiger partial charge is 0.446 e. The van der Waals surface area contributed by atoms with Crippen LogP contribution in [0.25, 0.3) is 0 Å². The number of aliphatic hydroxyl groups is 1. The van der Waals surface area contributed by atoms with Crippen LogP contribution in [0.2, 0.25) is 0 Å². The lowest BCUT2D eigenvalue weighted by Gasteiger charge is -2.12. The molecule has 1 rings (SSSR count). The van der Waals surface area contributed by atoms with Crippen LogP contribution in [0.5, 0.6) is 0 Å². The summed E-state index contributed by atoms with van der Waals surface area (Å²) in [6.45, 7) is 1.90. The second-order valence-electron chi connectivity index (χ2n) is 2.39. The van der Waals surface area contributed by atoms with Gasteiger partial charge in [-0.2, -0.15) is 0 Å². The Morgan fingerprint density at radius 2 is 2.55 bits per heavy atom. The Kier molecular flexibility index (Phi) is 2.62. The molecule has 1 heterocycles. The quantitative estimate of drug-likeness (QED) is 0.666. The zero-order valence-electron chi connectivity index (χ0n) is 6.40. The smallest absolute Gasteiger partial charge is 0.224 e. The van der Waals surface area contributed by atoms with Crippen LogP contribution in [0, 0.1) is 0 Å². The Morgan fingerprint density at radius 1 is 1.82 bits per heavy atom. The van der Waals surface area contributed by atoms with Gasteiger partial charge in [-0.25, -0.2) is 4.98 Å². The summed E-state index contributed by atoms with van der Waals surface area (Å²) in [6.07, 6.45) is 2.82. The molecule has 0 fully saturated rings. The first kappa shape index (κ1) is 8.23. The van der Waals surface area contributed by atoms with E-state index in [1.54, 1.807) is 0 Å². The molecule has 0 saturated carbocycles. The van der Waals surface area contributed by atoms with E-state index in [0.717, 1.165) is 0 Å². The highest BCUT2D eigenvalue weighted by Crippen LogP contribution is 2.14. The van der Waals surface area contributed by atoms with Gasteiger partial charge in [0.1, 0.15) is 12.4 Å². The number of hydrogen-bond acceptors (Lipinski definition) is 4. The lowest BCUT2D eigenvalue weighted by Crippen LogP contribution is -2.27. The van der Waals surface area contributed by atoms with Gasteiger partial charge < -0.3 is 15.3 Å². The number of hydrogen-bond donors (Lipinski definition) is 2. The molecule has 0 amide bonds. The fraction of sp³-hybridized carbons (Fsp3) is 0.571. The summed E-state index contributed by atoms with van der Waals surface area (Å²) in [6, 6.07) is -0.298. The SMILES string of the molecule is CC[C@H](N)C(O)c1ncco1. The summed E-state index contributed by atoms with van der Waals surface area (Å²) in [5, 5.41) is 9.40. The molecule has 0 aliphatic carbocycles. The standard InChI is InChI=1S/C7H12N2O2/c1-2-5(8)6(10)7-9-3-4-11-7/h3-6,10H,2,8H2,1H3/t5-,6?/m0/s1. The molecule has 0 spiro atoms. The van der Waals surface area contributed by atoms with Crippen LogP contribution in [0.1, 0.15) is 25.3 Å². The van der Waals surface area contributed by atoms with E-state index in [2.05, 4.69) is 4.98 Å². The van der Waals surface area contributed by atoms with E-state index < -0.39 is 6.10 Å². The van der Waals surface area contributed by atoms with E-state index in [0.29, 0.717) is 12.3 Å². The Labute approximate surface area is 65.0 Å². The fourth-order valence-electron chi connectivity index (χ4n) is 0.787. The minimum atomic E-state index is -0.782. The van der Waals surface area contributed by atoms with Crippen molar-refractivity contribution in [2.24, 2.45) is 5.73 Å². The summed E-state index contributed by atoms with van der Waals surface area (Å²) < 4.78 is 4.88. The van der Waals surface area contributed by atoms with Crippen LogP contribution in [-0.2, 0) is 0 Å². The van der Waals surface area contributed by atoms with Crippen molar-refractivity contribution in [2.75, 3.05) is 0 Å². The molecular weight excluding hydrogens is 144 g/mol. The van der Waals surface area contributed by atoms with E-state index in [-0.39, 0.29) is 6.04 Å². The summed E-state index contributed by atoms with van der Waals surface area (Å²) in [7, 11) is 0. The molecule has 11 heavy (non-hydrogen) atoms. The average molecular weight is 156 g/mol. The number of nitrogens with two attached hydrogens (primary N) is 1. The van der Waals surface area contributed by atoms with Gasteiger partial charge in [-0.05, 0) is 6.42 Å². The van der Waals surface area contributed by atoms with Crippen molar-refractivity contribution < 1.29 is 9.52 Å². The van der Waals surface area contributed by atoms with Gasteiger partial charge in [-0.1, -0.05) is 6.92 Å². The van der Waals surface area contributed by atoms with Crippen molar-refractivity contribution in [3.63, 3.8) is 0 Å². The van der Waals surface area contributed by atoms with E-state index in [1.165, 1.54) is 12.5 Å². The zero-order chi connectivity index (χ0) is 8.27. The van der Waals surface area contributed by atoms with Crippen molar-refractivity contribution >= 4 is 0 Å². The highest BCUT2D eigenvalue weighted by Gasteiger charge is 2.18. The first-order valence-electron chi connectivity index (χ1n) is 3.58. The maximum absolute atomic E-state index is 9.40. The van der Waals surface area contributed by atoms with Crippen LogP contribution in [0.4, 0.5) is 0 Å². The van der Waals surface area contributed by atoms with Gasteiger partial charge in [0.2, 0.25) is 5.89 Å². The molecule has 62 valence electrons. The Balaban J connectivity index is 2.62. The van der Waals surface area contributed by atoms with E-state index in [9.17, 15) is 5.11 Å². The van der Waals surface area contributed by atoms with Crippen molar-refractivity contribution in [2.45, 2.75) is 25.5 Å². The van der Waals surface area contributed by atoms with Gasteiger partial charge in [0, 0.05) is 6.04 Å². The maximum Gasteiger partial charge on any atom is 0.224 e. The van der Waals surface area contributed by atoms with Crippen LogP contribution < -0.4 is 5.73 Å². The third kappa shape index (κ3) is 1.78. The second-order valence-corrected chi connectivity index (χ2v) is 2.39. The van der Waals surface area contributed by atoms with Crippen LogP contribution >= 0.6 is 0 Å². The van der Waals surface area contributed by atoms with Gasteiger partial charge in [-0.3, -0.25) is 0 Å². The van der Waals surface area contributed by atoms with Gasteiger partial charge in [0.25, 0.3) is 0 Å². The molecule has 0 aromatic carbocycles. The molecule has 3 N–H and O–H groups in total. The topological polar surface area (TPSA) is 72.3 Å². The predicted molar refractivity (Wildman–Crippen MR) is 39.7 cm³/mol. The average Bonchev–Trinajstić information content (AvgIpc) is 2.53. The van der Waals surface area contributed by atoms with Crippen LogP contribution in [0.3, 0.4) is 0 Å². The highest BCUT2D eigenvalue weighted by atomic mass is 16.4. The molecule has 1 aromatic rings. The molecule has 1 unspecified atom stereocenters. The molecule has 0 aliphatic rings. The fourth-order valence-corrected chi connectivity index (χ4v) is 0.787. The third-order valence-corrected chi connectivity index (χ3v) is 1.58. The van der Waals surface area contributed by atoms with Crippen molar-refractivity contribution in [3.8, 4) is 0 Å². The van der Waals surface area contributed by atoms with Gasteiger partial charge in [0.05, 0.1) is 6.20 Å². The molecule has 0 saturated heterocycles. The Hall–Kier alpha value is -0.870. The first-order chi connectivity index (χ1) is 5.25. The summed E-state index contributed by atoms with van der Waals surface area (Å²) in [4.78, 5) is 3.79. The number of aliphatic hydroxyl groups excluding tert-OH is 1. The lowest BCUT2D eigenvalue weighted by atomic mass is 10.1. The molecule has 0 bridgehead atoms. The molecular formula is C7H12N2O2. The van der Waals surface area contributed by atoms with Crippen molar-refractivity contribution in [1.82, 2.24) is 4.98 Å². The highest BCUT2D eigenvalue weighted by molar-refractivity contribution is 4.90. The minimum absolute atomic E-state index is 0.291. The van der Waals surface area contributed by atoms with Crippen molar-refractivity contribution in [3.05, 3.63) is 18.4 Å². The van der Waals surface area contributed by atoms with E-state index in [1.807, 2.05) is 6.92 Å². The number of rotatable bonds is 3. The van der Waals surface area contributed by atoms with Crippen LogP contribution in [0.15, 0.2) is 16.9 Å². The van der Waals surface area contributed by atoms with Crippen molar-refractivity contribution in [1.29, 1.82) is 0 Å². The number of aromatic nitrogens is 1. The Morgan fingerprint density at radius 3 is 3.00 bits per heavy atom. The minimum Gasteiger partial charge on any atom is -0.446 e. The van der Waals surface area contributed by atoms with Gasteiger partial charge in [-0.15, -0.1) is 0 Å². The van der Waals surface area contributed by atoms with E-state index in [4.69, 9.17) is 10.2 Å². The van der Waals surface area contributed by atoms with Gasteiger partial charge >= 0.3 is 0 Å². The molecule has 0 radical (unpaired) electrons. The van der Waals surface area contributed by atoms with E-state index >= 15 is 0 Å². The molecule has 1 aromatic heterocycles. The maximum atomic E-state index is 9.40. The number of nitrogens with zero attached hydrogens (tertiary/aromatic N) is 1. The summed E-state index contributed by atoms with van der Waals surface area (Å²) in [5.74, 6) is 0.291. The summed E-state index contributed by atoms with van der Waals surface area (Å²) in [5.41, 5.74) is 5.56. The lowest BCUT2D eigenvalue weighted by molar-refractivity contribution is 0.113. The van der Waals surface area contributed by atoms with Gasteiger partial charge in [0.15, 0.2) is 0 Å².